The molecule has 128 valence electrons. The van der Waals surface area contributed by atoms with Crippen LogP contribution in [0.5, 0.6) is 11.5 Å². The molecular weight excluding hydrogens is 320 g/mol. The number of fused-ring (bicyclic) bond motifs is 2. The Bertz CT molecular complexity index is 961. The summed E-state index contributed by atoms with van der Waals surface area (Å²) in [6.07, 6.45) is 0.181. The highest BCUT2D eigenvalue weighted by molar-refractivity contribution is 5.88. The predicted octanol–water partition coefficient (Wildman–Crippen LogP) is 3.03. The van der Waals surface area contributed by atoms with Crippen LogP contribution in [0.2, 0.25) is 0 Å². The molecule has 1 N–H and O–H groups in total. The molecule has 0 radical (unpaired) electrons. The third-order valence-electron chi connectivity index (χ3n) is 4.23. The van der Waals surface area contributed by atoms with Gasteiger partial charge in [0.1, 0.15) is 5.69 Å². The average Bonchev–Trinajstić information content (AvgIpc) is 3.20. The molecule has 6 heteroatoms. The van der Waals surface area contributed by atoms with Crippen LogP contribution in [0, 0.1) is 13.8 Å². The molecule has 1 aliphatic heterocycles. The van der Waals surface area contributed by atoms with E-state index < -0.39 is 0 Å². The predicted molar refractivity (Wildman–Crippen MR) is 91.6 cm³/mol. The van der Waals surface area contributed by atoms with Gasteiger partial charge in [0.2, 0.25) is 12.7 Å². The van der Waals surface area contributed by atoms with Crippen molar-refractivity contribution >= 4 is 16.9 Å². The summed E-state index contributed by atoms with van der Waals surface area (Å²) >= 11 is 0. The molecule has 25 heavy (non-hydrogen) atoms. The fraction of sp³-hybridized carbons (Fsp3) is 0.263. The fourth-order valence-electron chi connectivity index (χ4n) is 3.03. The minimum absolute atomic E-state index is 0.105. The van der Waals surface area contributed by atoms with Gasteiger partial charge in [0.05, 0.1) is 6.42 Å². The maximum Gasteiger partial charge on any atom is 0.231 e. The van der Waals surface area contributed by atoms with Gasteiger partial charge in [-0.05, 0) is 48.7 Å². The summed E-state index contributed by atoms with van der Waals surface area (Å²) in [5.74, 6) is 1.34. The fourth-order valence-corrected chi connectivity index (χ4v) is 3.03. The molecule has 0 atom stereocenters. The summed E-state index contributed by atoms with van der Waals surface area (Å²) < 4.78 is 16.0. The SMILES string of the molecule is Cc1cc(C)c2onc(CC(=O)NCc3ccc4c(c3)OCO4)c2c1. The lowest BCUT2D eigenvalue weighted by Crippen LogP contribution is -2.24. The maximum absolute atomic E-state index is 12.3. The lowest BCUT2D eigenvalue weighted by molar-refractivity contribution is -0.120. The Morgan fingerprint density at radius 1 is 1.16 bits per heavy atom. The van der Waals surface area contributed by atoms with Gasteiger partial charge in [-0.1, -0.05) is 17.3 Å². The molecule has 1 aromatic heterocycles. The number of nitrogens with zero attached hydrogens (tertiary/aromatic N) is 1. The van der Waals surface area contributed by atoms with Crippen molar-refractivity contribution in [2.24, 2.45) is 0 Å². The normalized spacial score (nSPS) is 12.6. The lowest BCUT2D eigenvalue weighted by atomic mass is 10.1. The number of carbonyl (C=O) groups excluding carboxylic acids is 1. The van der Waals surface area contributed by atoms with Crippen LogP contribution < -0.4 is 14.8 Å². The molecule has 0 saturated heterocycles. The van der Waals surface area contributed by atoms with Crippen LogP contribution >= 0.6 is 0 Å². The molecule has 0 fully saturated rings. The van der Waals surface area contributed by atoms with E-state index in [1.807, 2.05) is 44.2 Å². The summed E-state index contributed by atoms with van der Waals surface area (Å²) in [7, 11) is 0. The zero-order valence-electron chi connectivity index (χ0n) is 14.1. The number of benzene rings is 2. The van der Waals surface area contributed by atoms with E-state index in [2.05, 4.69) is 10.5 Å². The van der Waals surface area contributed by atoms with Crippen molar-refractivity contribution in [3.63, 3.8) is 0 Å². The summed E-state index contributed by atoms with van der Waals surface area (Å²) in [6.45, 7) is 4.65. The van der Waals surface area contributed by atoms with Crippen LogP contribution in [0.3, 0.4) is 0 Å². The molecule has 1 aliphatic rings. The van der Waals surface area contributed by atoms with E-state index in [9.17, 15) is 4.79 Å². The number of hydrogen-bond donors (Lipinski definition) is 1. The first-order chi connectivity index (χ1) is 12.1. The number of amides is 1. The third-order valence-corrected chi connectivity index (χ3v) is 4.23. The molecule has 0 saturated carbocycles. The lowest BCUT2D eigenvalue weighted by Gasteiger charge is -2.05. The van der Waals surface area contributed by atoms with E-state index in [0.717, 1.165) is 33.4 Å². The molecule has 6 nitrogen and oxygen atoms in total. The second-order valence-corrected chi connectivity index (χ2v) is 6.23. The molecule has 0 aliphatic carbocycles. The number of aryl methyl sites for hydroxylation is 2. The Kier molecular flexibility index (Phi) is 3.80. The Morgan fingerprint density at radius 3 is 2.88 bits per heavy atom. The molecule has 2 heterocycles. The molecule has 3 aromatic rings. The second kappa shape index (κ2) is 6.12. The van der Waals surface area contributed by atoms with Crippen LogP contribution in [-0.4, -0.2) is 17.9 Å². The van der Waals surface area contributed by atoms with Crippen LogP contribution in [0.15, 0.2) is 34.9 Å². The van der Waals surface area contributed by atoms with Gasteiger partial charge in [-0.25, -0.2) is 0 Å². The molecule has 4 rings (SSSR count). The average molecular weight is 338 g/mol. The number of carbonyl (C=O) groups is 1. The topological polar surface area (TPSA) is 73.6 Å². The van der Waals surface area contributed by atoms with Crippen molar-refractivity contribution in [3.8, 4) is 11.5 Å². The van der Waals surface area contributed by atoms with Gasteiger partial charge in [-0.2, -0.15) is 0 Å². The number of nitrogens with one attached hydrogen (secondary N) is 1. The Morgan fingerprint density at radius 2 is 2.00 bits per heavy atom. The highest BCUT2D eigenvalue weighted by Gasteiger charge is 2.16. The minimum Gasteiger partial charge on any atom is -0.454 e. The number of hydrogen-bond acceptors (Lipinski definition) is 5. The first kappa shape index (κ1) is 15.5. The first-order valence-electron chi connectivity index (χ1n) is 8.11. The smallest absolute Gasteiger partial charge is 0.231 e. The molecule has 0 spiro atoms. The van der Waals surface area contributed by atoms with Gasteiger partial charge in [0.25, 0.3) is 0 Å². The van der Waals surface area contributed by atoms with E-state index in [1.54, 1.807) is 0 Å². The third kappa shape index (κ3) is 3.03. The van der Waals surface area contributed by atoms with Crippen molar-refractivity contribution in [2.75, 3.05) is 6.79 Å². The Labute approximate surface area is 144 Å². The van der Waals surface area contributed by atoms with Crippen molar-refractivity contribution in [1.82, 2.24) is 10.5 Å². The number of ether oxygens (including phenoxy) is 2. The van der Waals surface area contributed by atoms with E-state index in [1.165, 1.54) is 0 Å². The second-order valence-electron chi connectivity index (χ2n) is 6.23. The van der Waals surface area contributed by atoms with Crippen LogP contribution in [0.4, 0.5) is 0 Å². The zero-order valence-corrected chi connectivity index (χ0v) is 14.1. The van der Waals surface area contributed by atoms with Crippen molar-refractivity contribution in [2.45, 2.75) is 26.8 Å². The van der Waals surface area contributed by atoms with Crippen LogP contribution in [0.1, 0.15) is 22.4 Å². The van der Waals surface area contributed by atoms with Gasteiger partial charge in [0, 0.05) is 11.9 Å². The van der Waals surface area contributed by atoms with E-state index >= 15 is 0 Å². The summed E-state index contributed by atoms with van der Waals surface area (Å²) in [5.41, 5.74) is 4.49. The van der Waals surface area contributed by atoms with E-state index in [4.69, 9.17) is 14.0 Å². The van der Waals surface area contributed by atoms with Crippen molar-refractivity contribution < 1.29 is 18.8 Å². The number of aromatic nitrogens is 1. The quantitative estimate of drug-likeness (QED) is 0.791. The minimum atomic E-state index is -0.105. The molecule has 0 unspecified atom stereocenters. The molecule has 2 aromatic carbocycles. The van der Waals surface area contributed by atoms with Gasteiger partial charge in [0.15, 0.2) is 17.1 Å². The van der Waals surface area contributed by atoms with E-state index in [-0.39, 0.29) is 19.1 Å². The Hall–Kier alpha value is -3.02. The van der Waals surface area contributed by atoms with Crippen LogP contribution in [-0.2, 0) is 17.8 Å². The first-order valence-corrected chi connectivity index (χ1v) is 8.11. The largest absolute Gasteiger partial charge is 0.454 e. The van der Waals surface area contributed by atoms with Gasteiger partial charge in [-0.15, -0.1) is 0 Å². The Balaban J connectivity index is 1.44. The van der Waals surface area contributed by atoms with Crippen molar-refractivity contribution in [1.29, 1.82) is 0 Å². The number of rotatable bonds is 4. The summed E-state index contributed by atoms with van der Waals surface area (Å²) in [4.78, 5) is 12.3. The zero-order chi connectivity index (χ0) is 17.4. The molecular formula is C19H18N2O4. The molecule has 0 bridgehead atoms. The van der Waals surface area contributed by atoms with Gasteiger partial charge < -0.3 is 19.3 Å². The van der Waals surface area contributed by atoms with Crippen molar-refractivity contribution in [3.05, 3.63) is 52.7 Å². The summed E-state index contributed by atoms with van der Waals surface area (Å²) in [6, 6.07) is 9.67. The standard InChI is InChI=1S/C19H18N2O4/c1-11-5-12(2)19-14(6-11)15(21-25-19)8-18(22)20-9-13-3-4-16-17(7-13)24-10-23-16/h3-7H,8-10H2,1-2H3,(H,20,22). The highest BCUT2D eigenvalue weighted by atomic mass is 16.7. The van der Waals surface area contributed by atoms with Gasteiger partial charge in [-0.3, -0.25) is 4.79 Å². The van der Waals surface area contributed by atoms with Gasteiger partial charge >= 0.3 is 0 Å². The summed E-state index contributed by atoms with van der Waals surface area (Å²) in [5, 5.41) is 7.87. The monoisotopic (exact) mass is 338 g/mol. The molecule has 1 amide bonds. The highest BCUT2D eigenvalue weighted by Crippen LogP contribution is 2.32. The maximum atomic E-state index is 12.3. The van der Waals surface area contributed by atoms with E-state index in [0.29, 0.717) is 18.0 Å². The van der Waals surface area contributed by atoms with Crippen LogP contribution in [0.25, 0.3) is 11.0 Å².